The van der Waals surface area contributed by atoms with Crippen LogP contribution < -0.4 is 10.2 Å². The molecule has 0 spiro atoms. The molecule has 0 unspecified atom stereocenters. The highest BCUT2D eigenvalue weighted by Crippen LogP contribution is 2.36. The third kappa shape index (κ3) is 2.05. The molecule has 2 aliphatic heterocycles. The van der Waals surface area contributed by atoms with E-state index in [2.05, 4.69) is 5.32 Å². The lowest BCUT2D eigenvalue weighted by Gasteiger charge is -2.31. The second kappa shape index (κ2) is 4.57. The number of aromatic hydroxyl groups is 1. The van der Waals surface area contributed by atoms with Gasteiger partial charge in [0.15, 0.2) is 0 Å². The first kappa shape index (κ1) is 12.0. The molecule has 0 aliphatic carbocycles. The number of hydrogen-bond acceptors (Lipinski definition) is 3. The van der Waals surface area contributed by atoms with E-state index in [1.165, 1.54) is 0 Å². The van der Waals surface area contributed by atoms with Crippen molar-refractivity contribution in [2.24, 2.45) is 0 Å². The van der Waals surface area contributed by atoms with E-state index in [1.807, 2.05) is 6.07 Å². The maximum absolute atomic E-state index is 12.5. The SMILES string of the molecule is O=C1CC[C@H](C(=O)N2CCCc3cccc(O)c32)N1. The number of rotatable bonds is 1. The van der Waals surface area contributed by atoms with E-state index in [0.29, 0.717) is 25.1 Å². The molecule has 0 radical (unpaired) electrons. The van der Waals surface area contributed by atoms with Crippen LogP contribution in [0.4, 0.5) is 5.69 Å². The highest BCUT2D eigenvalue weighted by molar-refractivity contribution is 6.02. The summed E-state index contributed by atoms with van der Waals surface area (Å²) >= 11 is 0. The minimum atomic E-state index is -0.446. The minimum absolute atomic E-state index is 0.0760. The lowest BCUT2D eigenvalue weighted by atomic mass is 10.00. The number of benzene rings is 1. The molecular formula is C14H16N2O3. The third-order valence-electron chi connectivity index (χ3n) is 3.76. The van der Waals surface area contributed by atoms with Crippen molar-refractivity contribution in [1.82, 2.24) is 5.32 Å². The van der Waals surface area contributed by atoms with E-state index in [1.54, 1.807) is 17.0 Å². The first-order valence-electron chi connectivity index (χ1n) is 6.58. The van der Waals surface area contributed by atoms with Gasteiger partial charge in [0.1, 0.15) is 11.8 Å². The zero-order valence-corrected chi connectivity index (χ0v) is 10.6. The number of aryl methyl sites for hydroxylation is 1. The zero-order valence-electron chi connectivity index (χ0n) is 10.6. The number of carbonyl (C=O) groups excluding carboxylic acids is 2. The van der Waals surface area contributed by atoms with Crippen LogP contribution in [0, 0.1) is 0 Å². The maximum Gasteiger partial charge on any atom is 0.249 e. The smallest absolute Gasteiger partial charge is 0.249 e. The number of phenols is 1. The average molecular weight is 260 g/mol. The van der Waals surface area contributed by atoms with Gasteiger partial charge in [0.05, 0.1) is 5.69 Å². The summed E-state index contributed by atoms with van der Waals surface area (Å²) in [5.41, 5.74) is 1.60. The van der Waals surface area contributed by atoms with Crippen molar-refractivity contribution in [3.8, 4) is 5.75 Å². The molecule has 5 nitrogen and oxygen atoms in total. The van der Waals surface area contributed by atoms with E-state index in [0.717, 1.165) is 18.4 Å². The quantitative estimate of drug-likeness (QED) is 0.790. The Balaban J connectivity index is 1.91. The van der Waals surface area contributed by atoms with E-state index in [9.17, 15) is 14.7 Å². The van der Waals surface area contributed by atoms with Crippen molar-refractivity contribution >= 4 is 17.5 Å². The number of hydrogen-bond donors (Lipinski definition) is 2. The number of amides is 2. The molecule has 1 saturated heterocycles. The lowest BCUT2D eigenvalue weighted by Crippen LogP contribution is -2.46. The third-order valence-corrected chi connectivity index (χ3v) is 3.76. The number of nitrogens with zero attached hydrogens (tertiary/aromatic N) is 1. The van der Waals surface area contributed by atoms with Crippen LogP contribution >= 0.6 is 0 Å². The molecule has 2 N–H and O–H groups in total. The van der Waals surface area contributed by atoms with Gasteiger partial charge >= 0.3 is 0 Å². The topological polar surface area (TPSA) is 69.6 Å². The van der Waals surface area contributed by atoms with Crippen molar-refractivity contribution in [2.45, 2.75) is 31.7 Å². The Labute approximate surface area is 111 Å². The minimum Gasteiger partial charge on any atom is -0.506 e. The van der Waals surface area contributed by atoms with Crippen molar-refractivity contribution < 1.29 is 14.7 Å². The highest BCUT2D eigenvalue weighted by Gasteiger charge is 2.34. The van der Waals surface area contributed by atoms with E-state index in [-0.39, 0.29) is 17.6 Å². The summed E-state index contributed by atoms with van der Waals surface area (Å²) in [6, 6.07) is 4.87. The number of para-hydroxylation sites is 1. The van der Waals surface area contributed by atoms with Crippen LogP contribution in [0.3, 0.4) is 0 Å². The molecule has 5 heteroatoms. The van der Waals surface area contributed by atoms with Crippen molar-refractivity contribution in [3.05, 3.63) is 23.8 Å². The van der Waals surface area contributed by atoms with Gasteiger partial charge in [0.2, 0.25) is 11.8 Å². The first-order chi connectivity index (χ1) is 9.16. The number of nitrogens with one attached hydrogen (secondary N) is 1. The van der Waals surface area contributed by atoms with Gasteiger partial charge < -0.3 is 15.3 Å². The summed E-state index contributed by atoms with van der Waals surface area (Å²) in [5.74, 6) is -0.0592. The van der Waals surface area contributed by atoms with Gasteiger partial charge in [0, 0.05) is 13.0 Å². The second-order valence-corrected chi connectivity index (χ2v) is 5.04. The zero-order chi connectivity index (χ0) is 13.4. The molecule has 100 valence electrons. The van der Waals surface area contributed by atoms with Crippen LogP contribution in [0.5, 0.6) is 5.75 Å². The van der Waals surface area contributed by atoms with Gasteiger partial charge in [-0.15, -0.1) is 0 Å². The molecule has 1 aromatic rings. The van der Waals surface area contributed by atoms with Crippen LogP contribution in [0.2, 0.25) is 0 Å². The predicted molar refractivity (Wildman–Crippen MR) is 69.9 cm³/mol. The second-order valence-electron chi connectivity index (χ2n) is 5.04. The first-order valence-corrected chi connectivity index (χ1v) is 6.58. The van der Waals surface area contributed by atoms with E-state index < -0.39 is 6.04 Å². The Morgan fingerprint density at radius 3 is 2.95 bits per heavy atom. The van der Waals surface area contributed by atoms with Crippen LogP contribution in [0.1, 0.15) is 24.8 Å². The fourth-order valence-corrected chi connectivity index (χ4v) is 2.84. The summed E-state index contributed by atoms with van der Waals surface area (Å²) in [4.78, 5) is 25.3. The number of phenolic OH excluding ortho intramolecular Hbond substituents is 1. The van der Waals surface area contributed by atoms with Gasteiger partial charge in [-0.2, -0.15) is 0 Å². The van der Waals surface area contributed by atoms with E-state index >= 15 is 0 Å². The molecule has 0 aromatic heterocycles. The van der Waals surface area contributed by atoms with Crippen molar-refractivity contribution in [2.75, 3.05) is 11.4 Å². The number of carbonyl (C=O) groups is 2. The summed E-state index contributed by atoms with van der Waals surface area (Å²) < 4.78 is 0. The van der Waals surface area contributed by atoms with Crippen LogP contribution in [0.25, 0.3) is 0 Å². The monoisotopic (exact) mass is 260 g/mol. The summed E-state index contributed by atoms with van der Waals surface area (Å²) in [6.07, 6.45) is 2.68. The number of fused-ring (bicyclic) bond motifs is 1. The molecule has 2 aliphatic rings. The Kier molecular flexibility index (Phi) is 2.89. The molecule has 1 atom stereocenters. The normalized spacial score (nSPS) is 22.0. The standard InChI is InChI=1S/C14H16N2O3/c17-11-5-1-3-9-4-2-8-16(13(9)11)14(19)10-6-7-12(18)15-10/h1,3,5,10,17H,2,4,6-8H2,(H,15,18)/t10-/m1/s1. The average Bonchev–Trinajstić information content (AvgIpc) is 2.84. The molecular weight excluding hydrogens is 244 g/mol. The van der Waals surface area contributed by atoms with Gasteiger partial charge in [-0.3, -0.25) is 9.59 Å². The molecule has 2 amide bonds. The Morgan fingerprint density at radius 1 is 1.37 bits per heavy atom. The van der Waals surface area contributed by atoms with Crippen molar-refractivity contribution in [1.29, 1.82) is 0 Å². The van der Waals surface area contributed by atoms with E-state index in [4.69, 9.17) is 0 Å². The Morgan fingerprint density at radius 2 is 2.21 bits per heavy atom. The predicted octanol–water partition coefficient (Wildman–Crippen LogP) is 0.950. The van der Waals surface area contributed by atoms with Crippen LogP contribution in [-0.2, 0) is 16.0 Å². The highest BCUT2D eigenvalue weighted by atomic mass is 16.3. The van der Waals surface area contributed by atoms with Gasteiger partial charge in [-0.05, 0) is 30.9 Å². The summed E-state index contributed by atoms with van der Waals surface area (Å²) in [6.45, 7) is 0.593. The molecule has 0 saturated carbocycles. The molecule has 19 heavy (non-hydrogen) atoms. The summed E-state index contributed by atoms with van der Waals surface area (Å²) in [7, 11) is 0. The van der Waals surface area contributed by atoms with Crippen LogP contribution in [-0.4, -0.2) is 29.5 Å². The fraction of sp³-hybridized carbons (Fsp3) is 0.429. The molecule has 1 aromatic carbocycles. The van der Waals surface area contributed by atoms with Gasteiger partial charge in [-0.1, -0.05) is 12.1 Å². The Hall–Kier alpha value is -2.04. The van der Waals surface area contributed by atoms with Crippen molar-refractivity contribution in [3.63, 3.8) is 0 Å². The molecule has 3 rings (SSSR count). The maximum atomic E-state index is 12.5. The van der Waals surface area contributed by atoms with Crippen LogP contribution in [0.15, 0.2) is 18.2 Å². The molecule has 1 fully saturated rings. The van der Waals surface area contributed by atoms with Gasteiger partial charge in [-0.25, -0.2) is 0 Å². The summed E-state index contributed by atoms with van der Waals surface area (Å²) in [5, 5.41) is 12.7. The largest absolute Gasteiger partial charge is 0.506 e. The molecule has 2 heterocycles. The Bertz CT molecular complexity index is 541. The number of anilines is 1. The lowest BCUT2D eigenvalue weighted by molar-refractivity contribution is -0.124. The van der Waals surface area contributed by atoms with Gasteiger partial charge in [0.25, 0.3) is 0 Å². The molecule has 0 bridgehead atoms. The fourth-order valence-electron chi connectivity index (χ4n) is 2.84.